The minimum absolute atomic E-state index is 0.0763. The lowest BCUT2D eigenvalue weighted by Gasteiger charge is -2.04. The molecule has 0 aliphatic heterocycles. The van der Waals surface area contributed by atoms with Gasteiger partial charge in [-0.3, -0.25) is 20.0 Å². The Morgan fingerprint density at radius 2 is 2.28 bits per heavy atom. The van der Waals surface area contributed by atoms with Crippen LogP contribution in [0.1, 0.15) is 10.4 Å². The zero-order valence-electron chi connectivity index (χ0n) is 8.88. The molecule has 1 heterocycles. The van der Waals surface area contributed by atoms with Gasteiger partial charge in [-0.25, -0.2) is 4.39 Å². The van der Waals surface area contributed by atoms with Crippen LogP contribution in [0, 0.1) is 15.9 Å². The Kier molecular flexibility index (Phi) is 3.00. The van der Waals surface area contributed by atoms with E-state index in [9.17, 15) is 19.3 Å². The molecule has 8 heteroatoms. The fourth-order valence-electron chi connectivity index (χ4n) is 1.33. The highest BCUT2D eigenvalue weighted by Gasteiger charge is 2.17. The molecule has 0 radical (unpaired) electrons. The van der Waals surface area contributed by atoms with Crippen molar-refractivity contribution in [1.29, 1.82) is 0 Å². The molecule has 1 amide bonds. The van der Waals surface area contributed by atoms with E-state index < -0.39 is 22.3 Å². The number of aromatic nitrogens is 2. The number of rotatable bonds is 3. The van der Waals surface area contributed by atoms with Gasteiger partial charge >= 0.3 is 0 Å². The summed E-state index contributed by atoms with van der Waals surface area (Å²) in [7, 11) is 0. The number of nitro benzene ring substituents is 1. The number of nitro groups is 1. The van der Waals surface area contributed by atoms with Gasteiger partial charge in [-0.05, 0) is 12.1 Å². The molecular weight excluding hydrogens is 243 g/mol. The third-order valence-corrected chi connectivity index (χ3v) is 2.17. The monoisotopic (exact) mass is 250 g/mol. The van der Waals surface area contributed by atoms with Gasteiger partial charge in [0.25, 0.3) is 11.6 Å². The highest BCUT2D eigenvalue weighted by atomic mass is 19.1. The van der Waals surface area contributed by atoms with Crippen molar-refractivity contribution in [3.63, 3.8) is 0 Å². The van der Waals surface area contributed by atoms with E-state index in [0.29, 0.717) is 0 Å². The molecule has 0 atom stereocenters. The predicted octanol–water partition coefficient (Wildman–Crippen LogP) is 1.71. The van der Waals surface area contributed by atoms with Gasteiger partial charge in [0.15, 0.2) is 0 Å². The second kappa shape index (κ2) is 4.62. The lowest BCUT2D eigenvalue weighted by molar-refractivity contribution is -0.384. The van der Waals surface area contributed by atoms with Crippen LogP contribution in [-0.2, 0) is 0 Å². The molecule has 0 saturated heterocycles. The Hall–Kier alpha value is -2.77. The molecule has 0 aliphatic rings. The summed E-state index contributed by atoms with van der Waals surface area (Å²) in [5, 5.41) is 19.0. The Bertz CT molecular complexity index is 597. The molecule has 7 nitrogen and oxygen atoms in total. The fourth-order valence-corrected chi connectivity index (χ4v) is 1.33. The summed E-state index contributed by atoms with van der Waals surface area (Å²) in [6.07, 6.45) is 2.61. The standard InChI is InChI=1S/C10H7FN4O3/c11-7-1-2-8(9(3-7)15(17)18)14-10(16)6-4-12-13-5-6/h1-5H,(H,12,13)(H,14,16). The number of nitrogens with one attached hydrogen (secondary N) is 2. The third kappa shape index (κ3) is 2.32. The van der Waals surface area contributed by atoms with E-state index in [-0.39, 0.29) is 11.3 Å². The zero-order chi connectivity index (χ0) is 13.1. The highest BCUT2D eigenvalue weighted by molar-refractivity contribution is 6.05. The molecule has 1 aromatic carbocycles. The molecule has 2 rings (SSSR count). The maximum atomic E-state index is 12.9. The van der Waals surface area contributed by atoms with Crippen LogP contribution in [0.4, 0.5) is 15.8 Å². The predicted molar refractivity (Wildman–Crippen MR) is 59.6 cm³/mol. The van der Waals surface area contributed by atoms with Gasteiger partial charge in [-0.2, -0.15) is 5.10 Å². The number of anilines is 1. The summed E-state index contributed by atoms with van der Waals surface area (Å²) in [4.78, 5) is 21.6. The average molecular weight is 250 g/mol. The molecule has 0 bridgehead atoms. The highest BCUT2D eigenvalue weighted by Crippen LogP contribution is 2.25. The lowest BCUT2D eigenvalue weighted by Crippen LogP contribution is -2.12. The molecule has 1 aromatic heterocycles. The van der Waals surface area contributed by atoms with Crippen molar-refractivity contribution in [3.8, 4) is 0 Å². The largest absolute Gasteiger partial charge is 0.316 e. The number of H-pyrrole nitrogens is 1. The Morgan fingerprint density at radius 1 is 1.50 bits per heavy atom. The summed E-state index contributed by atoms with van der Waals surface area (Å²) >= 11 is 0. The van der Waals surface area contributed by atoms with E-state index in [0.717, 1.165) is 18.2 Å². The van der Waals surface area contributed by atoms with Crippen LogP contribution >= 0.6 is 0 Å². The number of benzene rings is 1. The van der Waals surface area contributed by atoms with Gasteiger partial charge in [0.05, 0.1) is 22.7 Å². The Balaban J connectivity index is 2.29. The minimum atomic E-state index is -0.770. The van der Waals surface area contributed by atoms with Crippen LogP contribution in [0.5, 0.6) is 0 Å². The fraction of sp³-hybridized carbons (Fsp3) is 0. The third-order valence-electron chi connectivity index (χ3n) is 2.17. The van der Waals surface area contributed by atoms with E-state index in [1.54, 1.807) is 0 Å². The van der Waals surface area contributed by atoms with Gasteiger partial charge in [-0.15, -0.1) is 0 Å². The van der Waals surface area contributed by atoms with Crippen LogP contribution < -0.4 is 5.32 Å². The lowest BCUT2D eigenvalue weighted by atomic mass is 10.2. The number of halogens is 1. The summed E-state index contributed by atoms with van der Waals surface area (Å²) in [5.74, 6) is -1.32. The van der Waals surface area contributed by atoms with Crippen LogP contribution in [0.2, 0.25) is 0 Å². The Morgan fingerprint density at radius 3 is 2.89 bits per heavy atom. The van der Waals surface area contributed by atoms with Crippen LogP contribution in [-0.4, -0.2) is 21.0 Å². The van der Waals surface area contributed by atoms with E-state index in [1.807, 2.05) is 0 Å². The molecule has 0 spiro atoms. The number of carbonyl (C=O) groups is 1. The molecule has 92 valence electrons. The summed E-state index contributed by atoms with van der Waals surface area (Å²) < 4.78 is 12.9. The maximum absolute atomic E-state index is 12.9. The van der Waals surface area contributed by atoms with Gasteiger partial charge in [0.2, 0.25) is 0 Å². The van der Waals surface area contributed by atoms with Crippen molar-refractivity contribution >= 4 is 17.3 Å². The average Bonchev–Trinajstić information content (AvgIpc) is 2.84. The number of nitrogens with zero attached hydrogens (tertiary/aromatic N) is 2. The van der Waals surface area contributed by atoms with E-state index in [1.165, 1.54) is 12.4 Å². The first kappa shape index (κ1) is 11.7. The number of hydrogen-bond acceptors (Lipinski definition) is 4. The number of hydrogen-bond donors (Lipinski definition) is 2. The molecule has 0 saturated carbocycles. The van der Waals surface area contributed by atoms with Crippen molar-refractivity contribution < 1.29 is 14.1 Å². The zero-order valence-corrected chi connectivity index (χ0v) is 8.88. The Labute approximate surface area is 99.8 Å². The summed E-state index contributed by atoms with van der Waals surface area (Å²) in [6.45, 7) is 0. The van der Waals surface area contributed by atoms with E-state index >= 15 is 0 Å². The number of carbonyl (C=O) groups excluding carboxylic acids is 1. The maximum Gasteiger partial charge on any atom is 0.295 e. The molecule has 2 aromatic rings. The van der Waals surface area contributed by atoms with Crippen molar-refractivity contribution in [2.45, 2.75) is 0 Å². The molecule has 0 unspecified atom stereocenters. The first-order valence-electron chi connectivity index (χ1n) is 4.82. The van der Waals surface area contributed by atoms with Crippen LogP contribution in [0.25, 0.3) is 0 Å². The number of aromatic amines is 1. The minimum Gasteiger partial charge on any atom is -0.316 e. The van der Waals surface area contributed by atoms with Crippen molar-refractivity contribution in [3.05, 3.63) is 52.1 Å². The molecule has 2 N–H and O–H groups in total. The number of amides is 1. The molecule has 0 fully saturated rings. The van der Waals surface area contributed by atoms with Gasteiger partial charge in [0, 0.05) is 6.20 Å². The van der Waals surface area contributed by atoms with Crippen LogP contribution in [0.15, 0.2) is 30.6 Å². The SMILES string of the molecule is O=C(Nc1ccc(F)cc1[N+](=O)[O-])c1cn[nH]c1. The molecule has 0 aliphatic carbocycles. The topological polar surface area (TPSA) is 101 Å². The second-order valence-electron chi connectivity index (χ2n) is 3.36. The van der Waals surface area contributed by atoms with E-state index in [2.05, 4.69) is 15.5 Å². The van der Waals surface area contributed by atoms with Gasteiger partial charge in [-0.1, -0.05) is 0 Å². The van der Waals surface area contributed by atoms with Crippen molar-refractivity contribution in [2.24, 2.45) is 0 Å². The van der Waals surface area contributed by atoms with Crippen LogP contribution in [0.3, 0.4) is 0 Å². The molecule has 18 heavy (non-hydrogen) atoms. The van der Waals surface area contributed by atoms with E-state index in [4.69, 9.17) is 0 Å². The van der Waals surface area contributed by atoms with Crippen molar-refractivity contribution in [1.82, 2.24) is 10.2 Å². The van der Waals surface area contributed by atoms with Gasteiger partial charge < -0.3 is 5.32 Å². The second-order valence-corrected chi connectivity index (χ2v) is 3.36. The first-order valence-corrected chi connectivity index (χ1v) is 4.82. The summed E-state index contributed by atoms with van der Waals surface area (Å²) in [5.41, 5.74) is -0.368. The van der Waals surface area contributed by atoms with Crippen molar-refractivity contribution in [2.75, 3.05) is 5.32 Å². The quantitative estimate of drug-likeness (QED) is 0.639. The smallest absolute Gasteiger partial charge is 0.295 e. The summed E-state index contributed by atoms with van der Waals surface area (Å²) in [6, 6.07) is 2.90. The molecular formula is C10H7FN4O3. The van der Waals surface area contributed by atoms with Gasteiger partial charge in [0.1, 0.15) is 11.5 Å². The normalized spacial score (nSPS) is 10.1. The first-order chi connectivity index (χ1) is 8.58.